The first-order valence-electron chi connectivity index (χ1n) is 5.57. The Morgan fingerprint density at radius 2 is 1.95 bits per heavy atom. The Kier molecular flexibility index (Phi) is 4.91. The van der Waals surface area contributed by atoms with E-state index >= 15 is 0 Å². The Morgan fingerprint density at radius 3 is 2.60 bits per heavy atom. The Labute approximate surface area is 134 Å². The molecule has 0 bridgehead atoms. The molecule has 0 aliphatic rings. The van der Waals surface area contributed by atoms with Gasteiger partial charge in [-0.15, -0.1) is 0 Å². The molecular weight excluding hydrogens is 367 g/mol. The molecule has 0 amide bonds. The molecule has 0 aliphatic heterocycles. The monoisotopic (exact) mass is 374 g/mol. The Bertz CT molecular complexity index is 659. The molecule has 2 aromatic carbocycles. The molecule has 0 fully saturated rings. The second-order valence-electron chi connectivity index (χ2n) is 3.97. The molecule has 0 radical (unpaired) electrons. The highest BCUT2D eigenvalue weighted by molar-refractivity contribution is 9.10. The summed E-state index contributed by atoms with van der Waals surface area (Å²) >= 11 is 15.2. The molecule has 20 heavy (non-hydrogen) atoms. The van der Waals surface area contributed by atoms with Gasteiger partial charge in [0, 0.05) is 20.1 Å². The first-order valence-corrected chi connectivity index (χ1v) is 7.12. The molecule has 2 aromatic rings. The maximum Gasteiger partial charge on any atom is 0.339 e. The zero-order valence-corrected chi connectivity index (χ0v) is 13.2. The molecule has 2 rings (SSSR count). The van der Waals surface area contributed by atoms with Crippen molar-refractivity contribution in [2.24, 2.45) is 0 Å². The first kappa shape index (κ1) is 15.2. The van der Waals surface area contributed by atoms with Crippen LogP contribution < -0.4 is 4.74 Å². The maximum atomic E-state index is 11.1. The van der Waals surface area contributed by atoms with Gasteiger partial charge < -0.3 is 9.84 Å². The third-order valence-electron chi connectivity index (χ3n) is 2.57. The molecule has 1 N–H and O–H groups in total. The van der Waals surface area contributed by atoms with Gasteiger partial charge in [-0.1, -0.05) is 45.2 Å². The van der Waals surface area contributed by atoms with E-state index in [1.165, 1.54) is 12.1 Å². The molecular formula is C14H9BrCl2O3. The van der Waals surface area contributed by atoms with Gasteiger partial charge in [0.15, 0.2) is 0 Å². The summed E-state index contributed by atoms with van der Waals surface area (Å²) in [5.41, 5.74) is 0.784. The highest BCUT2D eigenvalue weighted by Crippen LogP contribution is 2.26. The number of carboxylic acids is 1. The van der Waals surface area contributed by atoms with Crippen LogP contribution in [0.25, 0.3) is 0 Å². The fraction of sp³-hybridized carbons (Fsp3) is 0.0714. The van der Waals surface area contributed by atoms with Gasteiger partial charge >= 0.3 is 5.97 Å². The average molecular weight is 376 g/mol. The van der Waals surface area contributed by atoms with Gasteiger partial charge in [-0.05, 0) is 30.3 Å². The van der Waals surface area contributed by atoms with Gasteiger partial charge in [0.1, 0.15) is 17.9 Å². The third-order valence-corrected chi connectivity index (χ3v) is 3.65. The van der Waals surface area contributed by atoms with Gasteiger partial charge in [-0.25, -0.2) is 4.79 Å². The predicted molar refractivity (Wildman–Crippen MR) is 81.9 cm³/mol. The first-order chi connectivity index (χ1) is 9.47. The van der Waals surface area contributed by atoms with Crippen molar-refractivity contribution in [2.75, 3.05) is 0 Å². The lowest BCUT2D eigenvalue weighted by molar-refractivity contribution is 0.0692. The zero-order valence-electron chi connectivity index (χ0n) is 10.1. The topological polar surface area (TPSA) is 46.5 Å². The van der Waals surface area contributed by atoms with E-state index in [4.69, 9.17) is 33.0 Å². The average Bonchev–Trinajstić information content (AvgIpc) is 2.38. The van der Waals surface area contributed by atoms with Crippen LogP contribution in [0.15, 0.2) is 40.9 Å². The summed E-state index contributed by atoms with van der Waals surface area (Å²) in [7, 11) is 0. The number of hydrogen-bond acceptors (Lipinski definition) is 2. The van der Waals surface area contributed by atoms with Gasteiger partial charge in [-0.2, -0.15) is 0 Å². The summed E-state index contributed by atoms with van der Waals surface area (Å²) in [5.74, 6) is -0.842. The third kappa shape index (κ3) is 3.66. The number of aromatic carboxylic acids is 1. The van der Waals surface area contributed by atoms with E-state index in [0.29, 0.717) is 10.0 Å². The summed E-state index contributed by atoms with van der Waals surface area (Å²) in [6.07, 6.45) is 0. The van der Waals surface area contributed by atoms with E-state index in [0.717, 1.165) is 10.0 Å². The van der Waals surface area contributed by atoms with E-state index in [9.17, 15) is 4.79 Å². The number of halogens is 3. The van der Waals surface area contributed by atoms with Gasteiger partial charge in [0.2, 0.25) is 0 Å². The van der Waals surface area contributed by atoms with Crippen LogP contribution >= 0.6 is 39.1 Å². The largest absolute Gasteiger partial charge is 0.488 e. The Balaban J connectivity index is 2.20. The highest BCUT2D eigenvalue weighted by Gasteiger charge is 2.12. The number of rotatable bonds is 4. The van der Waals surface area contributed by atoms with Crippen LogP contribution in [-0.2, 0) is 6.61 Å². The van der Waals surface area contributed by atoms with Crippen LogP contribution in [0.2, 0.25) is 10.0 Å². The normalized spacial score (nSPS) is 10.3. The predicted octanol–water partition coefficient (Wildman–Crippen LogP) is 5.03. The van der Waals surface area contributed by atoms with Crippen LogP contribution in [0.4, 0.5) is 0 Å². The minimum Gasteiger partial charge on any atom is -0.488 e. The molecule has 0 heterocycles. The molecule has 0 unspecified atom stereocenters. The molecule has 0 saturated carbocycles. The van der Waals surface area contributed by atoms with Crippen LogP contribution in [0, 0.1) is 0 Å². The maximum absolute atomic E-state index is 11.1. The highest BCUT2D eigenvalue weighted by atomic mass is 79.9. The van der Waals surface area contributed by atoms with Crippen LogP contribution in [0.3, 0.4) is 0 Å². The quantitative estimate of drug-likeness (QED) is 0.814. The fourth-order valence-corrected chi connectivity index (χ4v) is 2.49. The Morgan fingerprint density at radius 1 is 1.20 bits per heavy atom. The molecule has 0 aromatic heterocycles. The molecule has 3 nitrogen and oxygen atoms in total. The number of ether oxygens (including phenoxy) is 1. The van der Waals surface area contributed by atoms with E-state index < -0.39 is 5.97 Å². The zero-order chi connectivity index (χ0) is 14.7. The smallest absolute Gasteiger partial charge is 0.339 e. The lowest BCUT2D eigenvalue weighted by Gasteiger charge is -2.10. The van der Waals surface area contributed by atoms with Crippen molar-refractivity contribution in [3.63, 3.8) is 0 Å². The van der Waals surface area contributed by atoms with Crippen molar-refractivity contribution in [3.8, 4) is 5.75 Å². The second kappa shape index (κ2) is 6.48. The minimum absolute atomic E-state index is 0.0192. The molecule has 6 heteroatoms. The molecule has 0 spiro atoms. The van der Waals surface area contributed by atoms with E-state index in [1.807, 2.05) is 12.1 Å². The van der Waals surface area contributed by atoms with Gasteiger partial charge in [0.25, 0.3) is 0 Å². The second-order valence-corrected chi connectivity index (χ2v) is 5.73. The lowest BCUT2D eigenvalue weighted by Crippen LogP contribution is -2.03. The summed E-state index contributed by atoms with van der Waals surface area (Å²) in [6, 6.07) is 9.85. The number of carboxylic acid groups (broad SMARTS) is 1. The van der Waals surface area contributed by atoms with E-state index in [-0.39, 0.29) is 17.9 Å². The number of benzene rings is 2. The van der Waals surface area contributed by atoms with Crippen molar-refractivity contribution < 1.29 is 14.6 Å². The van der Waals surface area contributed by atoms with Crippen molar-refractivity contribution in [3.05, 3.63) is 62.0 Å². The lowest BCUT2D eigenvalue weighted by atomic mass is 10.2. The minimum atomic E-state index is -1.09. The summed E-state index contributed by atoms with van der Waals surface area (Å²) in [4.78, 5) is 11.1. The summed E-state index contributed by atoms with van der Waals surface area (Å²) in [6.45, 7) is 0.175. The molecule has 0 aliphatic carbocycles. The summed E-state index contributed by atoms with van der Waals surface area (Å²) < 4.78 is 6.39. The van der Waals surface area contributed by atoms with Crippen molar-refractivity contribution in [1.82, 2.24) is 0 Å². The van der Waals surface area contributed by atoms with E-state index in [1.54, 1.807) is 12.1 Å². The Hall–Kier alpha value is -1.23. The number of carbonyl (C=O) groups is 1. The number of hydrogen-bond donors (Lipinski definition) is 1. The molecule has 104 valence electrons. The van der Waals surface area contributed by atoms with Crippen molar-refractivity contribution in [2.45, 2.75) is 6.61 Å². The van der Waals surface area contributed by atoms with Gasteiger partial charge in [-0.3, -0.25) is 0 Å². The molecule has 0 atom stereocenters. The summed E-state index contributed by atoms with van der Waals surface area (Å²) in [5, 5.41) is 10.00. The molecule has 0 saturated heterocycles. The fourth-order valence-electron chi connectivity index (χ4n) is 1.59. The SMILES string of the molecule is O=C(O)c1cc(Cl)ccc1OCc1ccc(Br)cc1Cl. The van der Waals surface area contributed by atoms with E-state index in [2.05, 4.69) is 15.9 Å². The van der Waals surface area contributed by atoms with Crippen molar-refractivity contribution >= 4 is 45.1 Å². The van der Waals surface area contributed by atoms with Crippen LogP contribution in [0.1, 0.15) is 15.9 Å². The van der Waals surface area contributed by atoms with Crippen LogP contribution in [-0.4, -0.2) is 11.1 Å². The standard InChI is InChI=1S/C14H9BrCl2O3/c15-9-2-1-8(12(17)5-9)7-20-13-4-3-10(16)6-11(13)14(18)19/h1-6H,7H2,(H,18,19). The van der Waals surface area contributed by atoms with Gasteiger partial charge in [0.05, 0.1) is 0 Å². The van der Waals surface area contributed by atoms with Crippen LogP contribution in [0.5, 0.6) is 5.75 Å². The van der Waals surface area contributed by atoms with Crippen molar-refractivity contribution in [1.29, 1.82) is 0 Å².